The molecule has 0 nitrogen and oxygen atoms in total. The lowest BCUT2D eigenvalue weighted by Gasteiger charge is -2.22. The minimum absolute atomic E-state index is 0.330. The minimum atomic E-state index is 0.330. The lowest BCUT2D eigenvalue weighted by atomic mass is 9.80. The zero-order chi connectivity index (χ0) is 16.6. The molecule has 0 saturated heterocycles. The Morgan fingerprint density at radius 2 is 0.920 bits per heavy atom. The van der Waals surface area contributed by atoms with Gasteiger partial charge < -0.3 is 0 Å². The van der Waals surface area contributed by atoms with Gasteiger partial charge in [0.1, 0.15) is 0 Å². The van der Waals surface area contributed by atoms with Crippen molar-refractivity contribution in [2.45, 2.75) is 11.8 Å². The number of allylic oxidation sites excluding steroid dienone is 1. The number of hydrogen-bond donors (Lipinski definition) is 0. The second kappa shape index (κ2) is 5.77. The third-order valence-corrected chi connectivity index (χ3v) is 5.30. The molecule has 4 aromatic carbocycles. The third kappa shape index (κ3) is 2.31. The van der Waals surface area contributed by atoms with Crippen LogP contribution in [0.1, 0.15) is 23.0 Å². The average Bonchev–Trinajstić information content (AvgIpc) is 3.16. The van der Waals surface area contributed by atoms with E-state index in [1.807, 2.05) is 0 Å². The summed E-state index contributed by atoms with van der Waals surface area (Å²) in [5.41, 5.74) is 6.17. The van der Waals surface area contributed by atoms with Gasteiger partial charge in [0.25, 0.3) is 0 Å². The average molecular weight is 318 g/mol. The smallest absolute Gasteiger partial charge is 0.0210 e. The van der Waals surface area contributed by atoms with E-state index in [1.54, 1.807) is 0 Å². The van der Waals surface area contributed by atoms with Crippen LogP contribution in [-0.2, 0) is 0 Å². The summed E-state index contributed by atoms with van der Waals surface area (Å²) in [7, 11) is 0. The maximum atomic E-state index is 3.40. The second-order valence-electron chi connectivity index (χ2n) is 6.69. The lowest BCUT2D eigenvalue weighted by Crippen LogP contribution is -2.06. The quantitative estimate of drug-likeness (QED) is 0.366. The fourth-order valence-electron chi connectivity index (χ4n) is 4.12. The maximum absolute atomic E-state index is 3.40. The predicted octanol–water partition coefficient (Wildman–Crippen LogP) is 6.59. The van der Waals surface area contributed by atoms with Crippen molar-refractivity contribution in [3.63, 3.8) is 0 Å². The van der Waals surface area contributed by atoms with Crippen LogP contribution in [0.25, 0.3) is 21.5 Å². The van der Waals surface area contributed by atoms with Crippen LogP contribution < -0.4 is 0 Å². The molecule has 0 N–H and O–H groups in total. The first-order chi connectivity index (χ1) is 12.4. The Hall–Kier alpha value is -3.08. The van der Waals surface area contributed by atoms with Crippen LogP contribution in [0, 0.1) is 0 Å². The summed E-state index contributed by atoms with van der Waals surface area (Å²) in [6.45, 7) is 0. The number of rotatable bonds is 2. The minimum Gasteiger partial charge on any atom is -0.128 e. The summed E-state index contributed by atoms with van der Waals surface area (Å²) in [5, 5.41) is 5.29. The summed E-state index contributed by atoms with van der Waals surface area (Å²) in [4.78, 5) is 0. The zero-order valence-electron chi connectivity index (χ0n) is 13.9. The molecule has 0 aromatic heterocycles. The number of fused-ring (bicyclic) bond motifs is 2. The van der Waals surface area contributed by atoms with Crippen LogP contribution >= 0.6 is 0 Å². The van der Waals surface area contributed by atoms with Gasteiger partial charge in [-0.2, -0.15) is 0 Å². The highest BCUT2D eigenvalue weighted by atomic mass is 14.3. The van der Waals surface area contributed by atoms with Gasteiger partial charge in [0.05, 0.1) is 0 Å². The monoisotopic (exact) mass is 318 g/mol. The predicted molar refractivity (Wildman–Crippen MR) is 106 cm³/mol. The normalized spacial score (nSPS) is 19.0. The molecule has 5 rings (SSSR count). The first-order valence-electron chi connectivity index (χ1n) is 8.80. The van der Waals surface area contributed by atoms with Gasteiger partial charge in [-0.1, -0.05) is 84.9 Å². The Morgan fingerprint density at radius 3 is 1.44 bits per heavy atom. The van der Waals surface area contributed by atoms with Crippen molar-refractivity contribution in [1.82, 2.24) is 0 Å². The van der Waals surface area contributed by atoms with Crippen LogP contribution in [0.15, 0.2) is 103 Å². The van der Waals surface area contributed by atoms with E-state index >= 15 is 0 Å². The Balaban J connectivity index is 1.69. The Labute approximate surface area is 147 Å². The summed E-state index contributed by atoms with van der Waals surface area (Å²) < 4.78 is 0. The van der Waals surface area contributed by atoms with Crippen LogP contribution in [-0.4, -0.2) is 0 Å². The largest absolute Gasteiger partial charge is 0.128 e. The molecule has 0 amide bonds. The molecule has 0 radical (unpaired) electrons. The van der Waals surface area contributed by atoms with E-state index in [1.165, 1.54) is 32.7 Å². The molecule has 4 aromatic rings. The van der Waals surface area contributed by atoms with Crippen molar-refractivity contribution in [2.75, 3.05) is 0 Å². The Morgan fingerprint density at radius 1 is 0.480 bits per heavy atom. The third-order valence-electron chi connectivity index (χ3n) is 5.30. The van der Waals surface area contributed by atoms with Gasteiger partial charge in [-0.25, -0.2) is 0 Å². The van der Waals surface area contributed by atoms with Crippen molar-refractivity contribution in [3.05, 3.63) is 114 Å². The van der Waals surface area contributed by atoms with E-state index in [9.17, 15) is 0 Å². The van der Waals surface area contributed by atoms with Crippen LogP contribution in [0.5, 0.6) is 0 Å². The molecule has 2 atom stereocenters. The fraction of sp³-hybridized carbons (Fsp3) is 0.0800. The molecule has 0 heteroatoms. The molecule has 25 heavy (non-hydrogen) atoms. The van der Waals surface area contributed by atoms with E-state index in [0.717, 1.165) is 0 Å². The van der Waals surface area contributed by atoms with Gasteiger partial charge in [0.2, 0.25) is 0 Å². The summed E-state index contributed by atoms with van der Waals surface area (Å²) in [5.74, 6) is 0.661. The van der Waals surface area contributed by atoms with E-state index in [4.69, 9.17) is 0 Å². The highest BCUT2D eigenvalue weighted by molar-refractivity contribution is 5.88. The lowest BCUT2D eigenvalue weighted by molar-refractivity contribution is 0.770. The molecule has 2 unspecified atom stereocenters. The SMILES string of the molecule is C1=CC(c2cccc3ccccc23)C(c2cccc3ccccc23)C=1. The molecule has 1 aliphatic rings. The standard InChI is InChI=1S/C25H18/c1-3-12-20-18(8-1)10-5-14-22(20)24-16-7-17-25(24)23-15-6-11-19-9-2-4-13-21(19)23/h1-6,8-17,24-25H. The van der Waals surface area contributed by atoms with Crippen LogP contribution in [0.3, 0.4) is 0 Å². The topological polar surface area (TPSA) is 0 Å². The van der Waals surface area contributed by atoms with Crippen molar-refractivity contribution >= 4 is 21.5 Å². The van der Waals surface area contributed by atoms with Crippen molar-refractivity contribution in [2.24, 2.45) is 0 Å². The van der Waals surface area contributed by atoms with Gasteiger partial charge in [0, 0.05) is 11.8 Å². The van der Waals surface area contributed by atoms with Gasteiger partial charge in [0.15, 0.2) is 0 Å². The highest BCUT2D eigenvalue weighted by Gasteiger charge is 2.26. The van der Waals surface area contributed by atoms with Crippen molar-refractivity contribution in [1.29, 1.82) is 0 Å². The number of hydrogen-bond acceptors (Lipinski definition) is 0. The summed E-state index contributed by atoms with van der Waals surface area (Å²) >= 11 is 0. The molecule has 118 valence electrons. The molecule has 0 heterocycles. The van der Waals surface area contributed by atoms with Crippen LogP contribution in [0.4, 0.5) is 0 Å². The van der Waals surface area contributed by atoms with Crippen LogP contribution in [0.2, 0.25) is 0 Å². The second-order valence-corrected chi connectivity index (χ2v) is 6.69. The van der Waals surface area contributed by atoms with Gasteiger partial charge >= 0.3 is 0 Å². The molecule has 1 aliphatic carbocycles. The molecule has 0 bridgehead atoms. The van der Waals surface area contributed by atoms with Gasteiger partial charge in [-0.15, -0.1) is 5.73 Å². The van der Waals surface area contributed by atoms with Gasteiger partial charge in [-0.3, -0.25) is 0 Å². The number of benzene rings is 4. The molecule has 0 saturated carbocycles. The Kier molecular flexibility index (Phi) is 3.30. The molecule has 0 spiro atoms. The first-order valence-corrected chi connectivity index (χ1v) is 8.80. The van der Waals surface area contributed by atoms with E-state index < -0.39 is 0 Å². The Bertz CT molecular complexity index is 1040. The van der Waals surface area contributed by atoms with Crippen molar-refractivity contribution < 1.29 is 0 Å². The molecular weight excluding hydrogens is 300 g/mol. The first kappa shape index (κ1) is 14.3. The molecular formula is C25H18. The fourth-order valence-corrected chi connectivity index (χ4v) is 4.12. The maximum Gasteiger partial charge on any atom is 0.0210 e. The highest BCUT2D eigenvalue weighted by Crippen LogP contribution is 2.42. The van der Waals surface area contributed by atoms with E-state index in [-0.39, 0.29) is 0 Å². The summed E-state index contributed by atoms with van der Waals surface area (Å²) in [6, 6.07) is 30.6. The molecule has 0 fully saturated rings. The summed E-state index contributed by atoms with van der Waals surface area (Å²) in [6.07, 6.45) is 4.46. The molecule has 0 aliphatic heterocycles. The van der Waals surface area contributed by atoms with E-state index in [2.05, 4.69) is 103 Å². The van der Waals surface area contributed by atoms with Gasteiger partial charge in [-0.05, 0) is 44.8 Å². The van der Waals surface area contributed by atoms with Crippen molar-refractivity contribution in [3.8, 4) is 0 Å². The zero-order valence-corrected chi connectivity index (χ0v) is 13.9. The van der Waals surface area contributed by atoms with E-state index in [0.29, 0.717) is 11.8 Å².